The smallest absolute Gasteiger partial charge is 0.123 e. The van der Waals surface area contributed by atoms with Crippen LogP contribution in [0.4, 0.5) is 0 Å². The third-order valence-electron chi connectivity index (χ3n) is 2.35. The third kappa shape index (κ3) is 5.86. The first kappa shape index (κ1) is 14.8. The van der Waals surface area contributed by atoms with E-state index in [0.29, 0.717) is 25.4 Å². The number of nitrogens with one attached hydrogen (secondary N) is 1. The molecule has 0 amide bonds. The van der Waals surface area contributed by atoms with Gasteiger partial charge in [-0.25, -0.2) is 0 Å². The molecule has 0 aliphatic rings. The molecule has 102 valence electrons. The summed E-state index contributed by atoms with van der Waals surface area (Å²) in [5, 5.41) is 12.7. The molecule has 5 nitrogen and oxygen atoms in total. The van der Waals surface area contributed by atoms with Gasteiger partial charge in [-0.1, -0.05) is 6.07 Å². The van der Waals surface area contributed by atoms with E-state index in [0.717, 1.165) is 5.75 Å². The molecule has 18 heavy (non-hydrogen) atoms. The number of aliphatic hydroxyl groups excluding tert-OH is 1. The van der Waals surface area contributed by atoms with Crippen molar-refractivity contribution in [3.05, 3.63) is 24.3 Å². The van der Waals surface area contributed by atoms with E-state index >= 15 is 0 Å². The number of rotatable bonds is 9. The van der Waals surface area contributed by atoms with Gasteiger partial charge >= 0.3 is 0 Å². The van der Waals surface area contributed by atoms with Gasteiger partial charge in [-0.3, -0.25) is 0 Å². The molecule has 0 bridgehead atoms. The maximum absolute atomic E-state index is 9.68. The second-order valence-corrected chi connectivity index (χ2v) is 3.84. The van der Waals surface area contributed by atoms with E-state index < -0.39 is 6.10 Å². The molecule has 0 saturated heterocycles. The molecule has 0 aliphatic heterocycles. The van der Waals surface area contributed by atoms with Crippen LogP contribution in [0, 0.1) is 0 Å². The first-order chi connectivity index (χ1) is 8.76. The minimum absolute atomic E-state index is 0.243. The second-order valence-electron chi connectivity index (χ2n) is 3.84. The summed E-state index contributed by atoms with van der Waals surface area (Å²) in [6, 6.07) is 7.30. The Bertz CT molecular complexity index is 333. The van der Waals surface area contributed by atoms with Crippen molar-refractivity contribution in [2.75, 3.05) is 40.5 Å². The maximum atomic E-state index is 9.68. The molecule has 2 N–H and O–H groups in total. The molecule has 1 atom stereocenters. The zero-order valence-corrected chi connectivity index (χ0v) is 10.9. The summed E-state index contributed by atoms with van der Waals surface area (Å²) in [5.74, 6) is 1.42. The Labute approximate surface area is 108 Å². The Morgan fingerprint density at radius 1 is 1.28 bits per heavy atom. The number of benzene rings is 1. The molecule has 0 saturated carbocycles. The zero-order chi connectivity index (χ0) is 13.2. The number of methoxy groups -OCH3 is 2. The first-order valence-corrected chi connectivity index (χ1v) is 5.91. The van der Waals surface area contributed by atoms with Crippen molar-refractivity contribution >= 4 is 0 Å². The number of aliphatic hydroxyl groups is 1. The van der Waals surface area contributed by atoms with Gasteiger partial charge < -0.3 is 24.6 Å². The molecular weight excluding hydrogens is 234 g/mol. The molecule has 0 fully saturated rings. The highest BCUT2D eigenvalue weighted by molar-refractivity contribution is 5.32. The molecular formula is C13H21NO4. The van der Waals surface area contributed by atoms with Crippen LogP contribution < -0.4 is 14.8 Å². The van der Waals surface area contributed by atoms with Crippen LogP contribution in [0.15, 0.2) is 24.3 Å². The Morgan fingerprint density at radius 3 is 2.78 bits per heavy atom. The summed E-state index contributed by atoms with van der Waals surface area (Å²) >= 11 is 0. The quantitative estimate of drug-likeness (QED) is 0.635. The lowest BCUT2D eigenvalue weighted by Crippen LogP contribution is -2.33. The van der Waals surface area contributed by atoms with Crippen molar-refractivity contribution in [3.8, 4) is 11.5 Å². The Balaban J connectivity index is 2.22. The van der Waals surface area contributed by atoms with Crippen LogP contribution in [0.2, 0.25) is 0 Å². The summed E-state index contributed by atoms with van der Waals surface area (Å²) in [6.07, 6.45) is -0.548. The number of hydrogen-bond donors (Lipinski definition) is 2. The molecule has 0 heterocycles. The fourth-order valence-electron chi connectivity index (χ4n) is 1.39. The monoisotopic (exact) mass is 255 g/mol. The predicted octanol–water partition coefficient (Wildman–Crippen LogP) is 0.671. The van der Waals surface area contributed by atoms with Crippen molar-refractivity contribution in [2.45, 2.75) is 6.10 Å². The Kier molecular flexibility index (Phi) is 7.17. The number of hydrogen-bond acceptors (Lipinski definition) is 5. The van der Waals surface area contributed by atoms with E-state index in [1.807, 2.05) is 18.2 Å². The normalized spacial score (nSPS) is 12.2. The van der Waals surface area contributed by atoms with Crippen LogP contribution in [-0.4, -0.2) is 51.7 Å². The number of ether oxygens (including phenoxy) is 3. The third-order valence-corrected chi connectivity index (χ3v) is 2.35. The lowest BCUT2D eigenvalue weighted by Gasteiger charge is -2.13. The average Bonchev–Trinajstić information content (AvgIpc) is 2.41. The van der Waals surface area contributed by atoms with Gasteiger partial charge in [-0.15, -0.1) is 0 Å². The molecule has 1 unspecified atom stereocenters. The van der Waals surface area contributed by atoms with Crippen LogP contribution >= 0.6 is 0 Å². The predicted molar refractivity (Wildman–Crippen MR) is 69.2 cm³/mol. The van der Waals surface area contributed by atoms with E-state index in [9.17, 15) is 5.11 Å². The molecule has 1 rings (SSSR count). The molecule has 0 aliphatic carbocycles. The van der Waals surface area contributed by atoms with Crippen molar-refractivity contribution in [1.82, 2.24) is 5.32 Å². The summed E-state index contributed by atoms with van der Waals surface area (Å²) in [6.45, 7) is 2.07. The minimum Gasteiger partial charge on any atom is -0.497 e. The van der Waals surface area contributed by atoms with Crippen LogP contribution in [0.1, 0.15) is 0 Å². The van der Waals surface area contributed by atoms with Crippen LogP contribution in [0.5, 0.6) is 11.5 Å². The highest BCUT2D eigenvalue weighted by Gasteiger charge is 2.05. The molecule has 1 aromatic carbocycles. The highest BCUT2D eigenvalue weighted by atomic mass is 16.5. The van der Waals surface area contributed by atoms with Crippen LogP contribution in [0.25, 0.3) is 0 Å². The molecule has 0 radical (unpaired) electrons. The first-order valence-electron chi connectivity index (χ1n) is 5.91. The maximum Gasteiger partial charge on any atom is 0.123 e. The standard InChI is InChI=1S/C13H21NO4/c1-16-7-6-14-9-11(15)10-18-13-5-3-4-12(8-13)17-2/h3-5,8,11,14-15H,6-7,9-10H2,1-2H3. The average molecular weight is 255 g/mol. The second kappa shape index (κ2) is 8.74. The lowest BCUT2D eigenvalue weighted by molar-refractivity contribution is 0.103. The SMILES string of the molecule is COCCNCC(O)COc1cccc(OC)c1. The van der Waals surface area contributed by atoms with Crippen molar-refractivity contribution in [3.63, 3.8) is 0 Å². The van der Waals surface area contributed by atoms with E-state index in [-0.39, 0.29) is 6.61 Å². The van der Waals surface area contributed by atoms with Gasteiger partial charge in [-0.05, 0) is 12.1 Å². The van der Waals surface area contributed by atoms with Gasteiger partial charge in [-0.2, -0.15) is 0 Å². The molecule has 0 aromatic heterocycles. The van der Waals surface area contributed by atoms with Gasteiger partial charge in [0.1, 0.15) is 24.2 Å². The fourth-order valence-corrected chi connectivity index (χ4v) is 1.39. The van der Waals surface area contributed by atoms with Crippen LogP contribution in [0.3, 0.4) is 0 Å². The van der Waals surface area contributed by atoms with Crippen LogP contribution in [-0.2, 0) is 4.74 Å². The summed E-state index contributed by atoms with van der Waals surface area (Å²) < 4.78 is 15.4. The van der Waals surface area contributed by atoms with E-state index in [2.05, 4.69) is 5.32 Å². The van der Waals surface area contributed by atoms with Gasteiger partial charge in [0.2, 0.25) is 0 Å². The Hall–Kier alpha value is -1.30. The van der Waals surface area contributed by atoms with E-state index in [1.54, 1.807) is 20.3 Å². The lowest BCUT2D eigenvalue weighted by atomic mass is 10.3. The zero-order valence-electron chi connectivity index (χ0n) is 10.9. The molecule has 0 spiro atoms. The van der Waals surface area contributed by atoms with Crippen molar-refractivity contribution in [1.29, 1.82) is 0 Å². The Morgan fingerprint density at radius 2 is 2.06 bits per heavy atom. The molecule has 1 aromatic rings. The van der Waals surface area contributed by atoms with E-state index in [1.165, 1.54) is 0 Å². The van der Waals surface area contributed by atoms with E-state index in [4.69, 9.17) is 14.2 Å². The fraction of sp³-hybridized carbons (Fsp3) is 0.538. The summed E-state index contributed by atoms with van der Waals surface area (Å²) in [4.78, 5) is 0. The minimum atomic E-state index is -0.548. The summed E-state index contributed by atoms with van der Waals surface area (Å²) in [7, 11) is 3.25. The van der Waals surface area contributed by atoms with Gasteiger partial charge in [0.05, 0.1) is 13.7 Å². The van der Waals surface area contributed by atoms with Gasteiger partial charge in [0.15, 0.2) is 0 Å². The van der Waals surface area contributed by atoms with Gasteiger partial charge in [0, 0.05) is 26.3 Å². The van der Waals surface area contributed by atoms with Crippen molar-refractivity contribution in [2.24, 2.45) is 0 Å². The highest BCUT2D eigenvalue weighted by Crippen LogP contribution is 2.18. The van der Waals surface area contributed by atoms with Gasteiger partial charge in [0.25, 0.3) is 0 Å². The van der Waals surface area contributed by atoms with Crippen molar-refractivity contribution < 1.29 is 19.3 Å². The summed E-state index contributed by atoms with van der Waals surface area (Å²) in [5.41, 5.74) is 0. The largest absolute Gasteiger partial charge is 0.497 e. The molecule has 5 heteroatoms. The topological polar surface area (TPSA) is 60.0 Å².